The van der Waals surface area contributed by atoms with Crippen LogP contribution in [0.25, 0.3) is 11.0 Å². The zero-order valence-electron chi connectivity index (χ0n) is 17.5. The molecule has 5 nitrogen and oxygen atoms in total. The first-order chi connectivity index (χ1) is 15.1. The summed E-state index contributed by atoms with van der Waals surface area (Å²) in [5.74, 6) is 1.14. The number of aromatic nitrogens is 2. The van der Waals surface area contributed by atoms with Crippen LogP contribution in [0.4, 0.5) is 4.39 Å². The Bertz CT molecular complexity index is 1050. The Morgan fingerprint density at radius 2 is 2.00 bits per heavy atom. The van der Waals surface area contributed by atoms with Crippen molar-refractivity contribution in [3.8, 4) is 0 Å². The maximum Gasteiger partial charge on any atom is 0.240 e. The molecule has 8 heteroatoms. The van der Waals surface area contributed by atoms with Gasteiger partial charge in [0.05, 0.1) is 22.8 Å². The number of nitrogens with zero attached hydrogens (tertiary/aromatic N) is 3. The smallest absolute Gasteiger partial charge is 0.240 e. The quantitative estimate of drug-likeness (QED) is 0.531. The molecule has 0 aliphatic carbocycles. The van der Waals surface area contributed by atoms with Gasteiger partial charge in [-0.05, 0) is 56.5 Å². The molecule has 1 N–H and O–H groups in total. The van der Waals surface area contributed by atoms with Crippen LogP contribution in [0.3, 0.4) is 0 Å². The lowest BCUT2D eigenvalue weighted by atomic mass is 10.0. The summed E-state index contributed by atoms with van der Waals surface area (Å²) in [7, 11) is 0. The molecule has 1 unspecified atom stereocenters. The van der Waals surface area contributed by atoms with E-state index in [-0.39, 0.29) is 24.3 Å². The van der Waals surface area contributed by atoms with Crippen LogP contribution < -0.4 is 5.32 Å². The molecule has 1 aromatic heterocycles. The van der Waals surface area contributed by atoms with Gasteiger partial charge < -0.3 is 9.88 Å². The van der Waals surface area contributed by atoms with Crippen molar-refractivity contribution in [2.75, 3.05) is 25.9 Å². The highest BCUT2D eigenvalue weighted by atomic mass is 35.5. The minimum absolute atomic E-state index is 0.123. The van der Waals surface area contributed by atoms with Gasteiger partial charge in [0.15, 0.2) is 0 Å². The van der Waals surface area contributed by atoms with E-state index in [4.69, 9.17) is 11.6 Å². The topological polar surface area (TPSA) is 50.2 Å². The maximum atomic E-state index is 14.7. The highest BCUT2D eigenvalue weighted by molar-refractivity contribution is 7.97. The van der Waals surface area contributed by atoms with Crippen LogP contribution >= 0.6 is 23.4 Å². The fraction of sp³-hybridized carbons (Fsp3) is 0.391. The summed E-state index contributed by atoms with van der Waals surface area (Å²) in [6, 6.07) is 12.3. The number of benzene rings is 2. The number of nitrogens with one attached hydrogen (secondary N) is 1. The lowest BCUT2D eigenvalue weighted by Gasteiger charge is -2.29. The van der Waals surface area contributed by atoms with Crippen LogP contribution in [-0.2, 0) is 17.1 Å². The van der Waals surface area contributed by atoms with Crippen molar-refractivity contribution in [3.63, 3.8) is 0 Å². The molecule has 0 saturated carbocycles. The third-order valence-corrected chi connectivity index (χ3v) is 6.59. The fourth-order valence-electron chi connectivity index (χ4n) is 4.25. The number of likely N-dealkylation sites (tertiary alicyclic amines) is 1. The van der Waals surface area contributed by atoms with Gasteiger partial charge in [0.1, 0.15) is 18.2 Å². The van der Waals surface area contributed by atoms with Gasteiger partial charge in [-0.15, -0.1) is 0 Å². The van der Waals surface area contributed by atoms with Crippen molar-refractivity contribution in [3.05, 3.63) is 64.7 Å². The molecule has 4 rings (SSSR count). The molecule has 1 saturated heterocycles. The molecule has 2 heterocycles. The molecule has 1 aliphatic rings. The Morgan fingerprint density at radius 1 is 1.23 bits per heavy atom. The summed E-state index contributed by atoms with van der Waals surface area (Å²) in [4.78, 5) is 19.8. The minimum atomic E-state index is -0.332. The largest absolute Gasteiger partial charge is 0.353 e. The number of imidazole rings is 1. The second kappa shape index (κ2) is 10.0. The van der Waals surface area contributed by atoms with Crippen molar-refractivity contribution >= 4 is 40.3 Å². The zero-order chi connectivity index (χ0) is 21.8. The molecule has 1 aliphatic heterocycles. The molecule has 0 bridgehead atoms. The van der Waals surface area contributed by atoms with E-state index in [0.29, 0.717) is 17.1 Å². The molecule has 1 fully saturated rings. The van der Waals surface area contributed by atoms with E-state index in [1.165, 1.54) is 6.07 Å². The highest BCUT2D eigenvalue weighted by Crippen LogP contribution is 2.32. The number of hydrogen-bond donors (Lipinski definition) is 1. The second-order valence-electron chi connectivity index (χ2n) is 7.73. The first kappa shape index (κ1) is 22.1. The third kappa shape index (κ3) is 4.89. The van der Waals surface area contributed by atoms with E-state index < -0.39 is 0 Å². The first-order valence-electron chi connectivity index (χ1n) is 10.5. The van der Waals surface area contributed by atoms with Gasteiger partial charge in [-0.1, -0.05) is 29.8 Å². The molecule has 0 spiro atoms. The molecule has 0 radical (unpaired) electrons. The molecule has 1 amide bonds. The summed E-state index contributed by atoms with van der Waals surface area (Å²) in [6.07, 6.45) is 4.15. The molecule has 164 valence electrons. The molecular formula is C23H26ClFN4OS. The summed E-state index contributed by atoms with van der Waals surface area (Å²) in [5, 5.41) is 3.42. The van der Waals surface area contributed by atoms with E-state index in [1.807, 2.05) is 35.1 Å². The molecule has 1 atom stereocenters. The Morgan fingerprint density at radius 3 is 2.74 bits per heavy atom. The number of amides is 1. The Balaban J connectivity index is 1.53. The van der Waals surface area contributed by atoms with Gasteiger partial charge in [-0.2, -0.15) is 11.8 Å². The SMILES string of the molecule is CSCc1nc2ccccc2n1CC(=O)NCC(c1c(F)cccc1Cl)N1CCCC1. The van der Waals surface area contributed by atoms with Crippen LogP contribution in [0, 0.1) is 5.82 Å². The number of halogens is 2. The summed E-state index contributed by atoms with van der Waals surface area (Å²) >= 11 is 8.03. The summed E-state index contributed by atoms with van der Waals surface area (Å²) in [6.45, 7) is 2.22. The van der Waals surface area contributed by atoms with Gasteiger partial charge in [0.2, 0.25) is 5.91 Å². The number of para-hydroxylation sites is 2. The van der Waals surface area contributed by atoms with Crippen molar-refractivity contribution in [1.82, 2.24) is 19.8 Å². The molecule has 31 heavy (non-hydrogen) atoms. The normalized spacial score (nSPS) is 15.5. The van der Waals surface area contributed by atoms with E-state index in [9.17, 15) is 9.18 Å². The van der Waals surface area contributed by atoms with Crippen molar-refractivity contribution in [2.24, 2.45) is 0 Å². The molecular weight excluding hydrogens is 435 g/mol. The number of fused-ring (bicyclic) bond motifs is 1. The zero-order valence-corrected chi connectivity index (χ0v) is 19.1. The first-order valence-corrected chi connectivity index (χ1v) is 12.2. The van der Waals surface area contributed by atoms with Gasteiger partial charge in [-0.25, -0.2) is 9.37 Å². The van der Waals surface area contributed by atoms with Crippen LogP contribution in [-0.4, -0.2) is 46.2 Å². The molecule has 2 aromatic carbocycles. The van der Waals surface area contributed by atoms with Crippen molar-refractivity contribution < 1.29 is 9.18 Å². The minimum Gasteiger partial charge on any atom is -0.353 e. The van der Waals surface area contributed by atoms with Crippen LogP contribution in [0.2, 0.25) is 5.02 Å². The number of thioether (sulfide) groups is 1. The van der Waals surface area contributed by atoms with Gasteiger partial charge >= 0.3 is 0 Å². The summed E-state index contributed by atoms with van der Waals surface area (Å²) in [5.41, 5.74) is 2.28. The van der Waals surface area contributed by atoms with Gasteiger partial charge in [-0.3, -0.25) is 9.69 Å². The maximum absolute atomic E-state index is 14.7. The van der Waals surface area contributed by atoms with E-state index in [0.717, 1.165) is 48.5 Å². The Kier molecular flexibility index (Phi) is 7.15. The highest BCUT2D eigenvalue weighted by Gasteiger charge is 2.28. The predicted octanol–water partition coefficient (Wildman–Crippen LogP) is 4.65. The van der Waals surface area contributed by atoms with Gasteiger partial charge in [0, 0.05) is 17.1 Å². The Hall–Kier alpha value is -2.09. The van der Waals surface area contributed by atoms with Crippen LogP contribution in [0.1, 0.15) is 30.3 Å². The monoisotopic (exact) mass is 460 g/mol. The summed E-state index contributed by atoms with van der Waals surface area (Å²) < 4.78 is 16.6. The van der Waals surface area contributed by atoms with E-state index in [1.54, 1.807) is 23.9 Å². The average Bonchev–Trinajstić information content (AvgIpc) is 3.39. The number of rotatable bonds is 8. The van der Waals surface area contributed by atoms with Crippen LogP contribution in [0.5, 0.6) is 0 Å². The van der Waals surface area contributed by atoms with Crippen molar-refractivity contribution in [2.45, 2.75) is 31.2 Å². The fourth-order valence-corrected chi connectivity index (χ4v) is 5.01. The standard InChI is InChI=1S/C23H26ClFN4OS/c1-31-15-21-27-18-9-2-3-10-19(18)29(21)14-22(30)26-13-20(28-11-4-5-12-28)23-16(24)7-6-8-17(23)25/h2-3,6-10,20H,4-5,11-15H2,1H3,(H,26,30). The molecule has 3 aromatic rings. The number of carbonyl (C=O) groups is 1. The lowest BCUT2D eigenvalue weighted by molar-refractivity contribution is -0.121. The lowest BCUT2D eigenvalue weighted by Crippen LogP contribution is -2.38. The number of carbonyl (C=O) groups excluding carboxylic acids is 1. The number of hydrogen-bond acceptors (Lipinski definition) is 4. The van der Waals surface area contributed by atoms with E-state index >= 15 is 0 Å². The predicted molar refractivity (Wildman–Crippen MR) is 125 cm³/mol. The van der Waals surface area contributed by atoms with Gasteiger partial charge in [0.25, 0.3) is 0 Å². The second-order valence-corrected chi connectivity index (χ2v) is 9.01. The third-order valence-electron chi connectivity index (χ3n) is 5.72. The van der Waals surface area contributed by atoms with Crippen molar-refractivity contribution in [1.29, 1.82) is 0 Å². The average molecular weight is 461 g/mol. The Labute approximate surface area is 191 Å². The van der Waals surface area contributed by atoms with E-state index in [2.05, 4.69) is 15.2 Å². The van der Waals surface area contributed by atoms with Crippen LogP contribution in [0.15, 0.2) is 42.5 Å².